The third-order valence-corrected chi connectivity index (χ3v) is 4.63. The number of aromatic nitrogens is 1. The van der Waals surface area contributed by atoms with Gasteiger partial charge >= 0.3 is 0 Å². The van der Waals surface area contributed by atoms with Crippen LogP contribution in [0.5, 0.6) is 11.5 Å². The minimum absolute atomic E-state index is 0.303. The van der Waals surface area contributed by atoms with Crippen molar-refractivity contribution in [1.29, 1.82) is 0 Å². The molecule has 2 aromatic heterocycles. The maximum absolute atomic E-state index is 12.3. The molecular formula is C16H14F2N2O3S. The second-order valence-corrected chi connectivity index (χ2v) is 5.97. The second kappa shape index (κ2) is 6.56. The minimum Gasteiger partial charge on any atom is -0.495 e. The number of hydrogen-bond donors (Lipinski definition) is 1. The van der Waals surface area contributed by atoms with Crippen LogP contribution < -0.4 is 14.8 Å². The van der Waals surface area contributed by atoms with E-state index >= 15 is 0 Å². The van der Waals surface area contributed by atoms with Gasteiger partial charge in [-0.2, -0.15) is 0 Å². The number of fused-ring (bicyclic) bond motifs is 2. The highest BCUT2D eigenvalue weighted by Crippen LogP contribution is 2.45. The summed E-state index contributed by atoms with van der Waals surface area (Å²) < 4.78 is 36.2. The van der Waals surface area contributed by atoms with E-state index in [1.54, 1.807) is 18.3 Å². The van der Waals surface area contributed by atoms with E-state index in [1.165, 1.54) is 14.2 Å². The zero-order chi connectivity index (χ0) is 17.3. The zero-order valence-electron chi connectivity index (χ0n) is 12.9. The average Bonchev–Trinajstić information content (AvgIpc) is 3.02. The Morgan fingerprint density at radius 3 is 2.71 bits per heavy atom. The molecule has 3 aromatic rings. The molecule has 0 aliphatic heterocycles. The Morgan fingerprint density at radius 2 is 2.04 bits per heavy atom. The van der Waals surface area contributed by atoms with Crippen LogP contribution in [0.2, 0.25) is 0 Å². The van der Waals surface area contributed by atoms with Gasteiger partial charge in [0.05, 0.1) is 30.3 Å². The van der Waals surface area contributed by atoms with Crippen molar-refractivity contribution in [3.63, 3.8) is 0 Å². The summed E-state index contributed by atoms with van der Waals surface area (Å²) in [6, 6.07) is 5.24. The Morgan fingerprint density at radius 1 is 1.29 bits per heavy atom. The molecule has 0 bridgehead atoms. The lowest BCUT2D eigenvalue weighted by atomic mass is 10.1. The summed E-state index contributed by atoms with van der Waals surface area (Å²) in [6.45, 7) is -0.690. The number of halogens is 2. The van der Waals surface area contributed by atoms with Crippen LogP contribution in [0.25, 0.3) is 21.0 Å². The van der Waals surface area contributed by atoms with Gasteiger partial charge in [0.15, 0.2) is 5.75 Å². The lowest BCUT2D eigenvalue weighted by Gasteiger charge is -2.10. The lowest BCUT2D eigenvalue weighted by Crippen LogP contribution is -2.27. The molecule has 0 radical (unpaired) electrons. The molecule has 0 atom stereocenters. The van der Waals surface area contributed by atoms with Gasteiger partial charge in [-0.15, -0.1) is 11.3 Å². The maximum atomic E-state index is 12.3. The fourth-order valence-electron chi connectivity index (χ4n) is 2.53. The SMILES string of the molecule is COc1c2cccnc2c(OC)c2sc(C(=O)NCC(F)F)cc12. The first-order chi connectivity index (χ1) is 11.6. The molecule has 24 heavy (non-hydrogen) atoms. The predicted octanol–water partition coefficient (Wildman–Crippen LogP) is 3.46. The number of alkyl halides is 2. The largest absolute Gasteiger partial charge is 0.495 e. The summed E-state index contributed by atoms with van der Waals surface area (Å²) in [5, 5.41) is 3.63. The highest BCUT2D eigenvalue weighted by atomic mass is 32.1. The molecule has 0 fully saturated rings. The van der Waals surface area contributed by atoms with Gasteiger partial charge in [-0.3, -0.25) is 9.78 Å². The number of hydrogen-bond acceptors (Lipinski definition) is 5. The maximum Gasteiger partial charge on any atom is 0.261 e. The van der Waals surface area contributed by atoms with Crippen molar-refractivity contribution in [3.05, 3.63) is 29.3 Å². The Labute approximate surface area is 140 Å². The van der Waals surface area contributed by atoms with Crippen LogP contribution in [0.1, 0.15) is 9.67 Å². The molecular weight excluding hydrogens is 338 g/mol. The first kappa shape index (κ1) is 16.4. The molecule has 1 amide bonds. The van der Waals surface area contributed by atoms with Crippen LogP contribution in [-0.2, 0) is 0 Å². The van der Waals surface area contributed by atoms with Crippen molar-refractivity contribution in [2.45, 2.75) is 6.43 Å². The number of nitrogens with zero attached hydrogens (tertiary/aromatic N) is 1. The highest BCUT2D eigenvalue weighted by Gasteiger charge is 2.21. The molecule has 2 heterocycles. The average molecular weight is 352 g/mol. The number of methoxy groups -OCH3 is 2. The van der Waals surface area contributed by atoms with Crippen molar-refractivity contribution in [2.24, 2.45) is 0 Å². The number of benzene rings is 1. The fraction of sp³-hybridized carbons (Fsp3) is 0.250. The molecule has 0 saturated heterocycles. The standard InChI is InChI=1S/C16H14F2N2O3S/c1-22-13-8-4-3-5-19-12(8)14(23-2)15-9(13)6-10(24-15)16(21)20-7-11(17)18/h3-6,11H,7H2,1-2H3,(H,20,21). The number of pyridine rings is 1. The number of rotatable bonds is 5. The molecule has 1 N–H and O–H groups in total. The van der Waals surface area contributed by atoms with Crippen LogP contribution in [0.3, 0.4) is 0 Å². The topological polar surface area (TPSA) is 60.5 Å². The lowest BCUT2D eigenvalue weighted by molar-refractivity contribution is 0.0895. The number of carbonyl (C=O) groups is 1. The molecule has 126 valence electrons. The summed E-state index contributed by atoms with van der Waals surface area (Å²) in [5.41, 5.74) is 0.616. The Bertz CT molecular complexity index is 851. The van der Waals surface area contributed by atoms with E-state index in [0.29, 0.717) is 32.0 Å². The van der Waals surface area contributed by atoms with Gasteiger partial charge < -0.3 is 14.8 Å². The summed E-state index contributed by atoms with van der Waals surface area (Å²) in [4.78, 5) is 16.7. The first-order valence-electron chi connectivity index (χ1n) is 7.05. The molecule has 1 aromatic carbocycles. The van der Waals surface area contributed by atoms with E-state index in [4.69, 9.17) is 9.47 Å². The summed E-state index contributed by atoms with van der Waals surface area (Å²) >= 11 is 1.15. The van der Waals surface area contributed by atoms with Crippen LogP contribution in [-0.4, -0.2) is 38.1 Å². The monoisotopic (exact) mass is 352 g/mol. The van der Waals surface area contributed by atoms with Crippen LogP contribution in [0, 0.1) is 0 Å². The quantitative estimate of drug-likeness (QED) is 0.764. The van der Waals surface area contributed by atoms with Crippen molar-refractivity contribution in [1.82, 2.24) is 10.3 Å². The minimum atomic E-state index is -2.60. The highest BCUT2D eigenvalue weighted by molar-refractivity contribution is 7.21. The Balaban J connectivity index is 2.20. The molecule has 5 nitrogen and oxygen atoms in total. The smallest absolute Gasteiger partial charge is 0.261 e. The number of ether oxygens (including phenoxy) is 2. The van der Waals surface area contributed by atoms with Crippen LogP contribution in [0.15, 0.2) is 24.4 Å². The number of thiophene rings is 1. The van der Waals surface area contributed by atoms with Gasteiger partial charge in [-0.1, -0.05) is 0 Å². The fourth-order valence-corrected chi connectivity index (χ4v) is 3.62. The number of amides is 1. The molecule has 8 heteroatoms. The van der Waals surface area contributed by atoms with Crippen LogP contribution >= 0.6 is 11.3 Å². The van der Waals surface area contributed by atoms with Gasteiger partial charge in [0.1, 0.15) is 11.3 Å². The summed E-state index contributed by atoms with van der Waals surface area (Å²) in [6.07, 6.45) is -0.959. The Hall–Kier alpha value is -2.48. The third-order valence-electron chi connectivity index (χ3n) is 3.50. The van der Waals surface area contributed by atoms with Gasteiger partial charge in [0.2, 0.25) is 0 Å². The van der Waals surface area contributed by atoms with Gasteiger partial charge in [0, 0.05) is 17.0 Å². The number of nitrogens with one attached hydrogen (secondary N) is 1. The van der Waals surface area contributed by atoms with Crippen molar-refractivity contribution in [3.8, 4) is 11.5 Å². The molecule has 0 aliphatic rings. The van der Waals surface area contributed by atoms with E-state index in [0.717, 1.165) is 16.7 Å². The normalized spacial score (nSPS) is 11.2. The zero-order valence-corrected chi connectivity index (χ0v) is 13.7. The van der Waals surface area contributed by atoms with E-state index in [-0.39, 0.29) is 0 Å². The summed E-state index contributed by atoms with van der Waals surface area (Å²) in [5.74, 6) is 0.537. The van der Waals surface area contributed by atoms with E-state index in [1.807, 2.05) is 6.07 Å². The predicted molar refractivity (Wildman–Crippen MR) is 88.6 cm³/mol. The second-order valence-electron chi connectivity index (χ2n) is 4.92. The van der Waals surface area contributed by atoms with Crippen LogP contribution in [0.4, 0.5) is 8.78 Å². The number of carbonyl (C=O) groups excluding carboxylic acids is 1. The molecule has 0 unspecified atom stereocenters. The Kier molecular flexibility index (Phi) is 4.48. The first-order valence-corrected chi connectivity index (χ1v) is 7.87. The summed E-state index contributed by atoms with van der Waals surface area (Å²) in [7, 11) is 3.05. The van der Waals surface area contributed by atoms with Crippen molar-refractivity contribution < 1.29 is 23.0 Å². The molecule has 0 aliphatic carbocycles. The molecule has 0 saturated carbocycles. The third kappa shape index (κ3) is 2.73. The van der Waals surface area contributed by atoms with Crippen molar-refractivity contribution >= 4 is 38.2 Å². The van der Waals surface area contributed by atoms with Crippen molar-refractivity contribution in [2.75, 3.05) is 20.8 Å². The van der Waals surface area contributed by atoms with Gasteiger partial charge in [-0.25, -0.2) is 8.78 Å². The molecule has 3 rings (SSSR count). The van der Waals surface area contributed by atoms with E-state index in [9.17, 15) is 13.6 Å². The van der Waals surface area contributed by atoms with Gasteiger partial charge in [-0.05, 0) is 18.2 Å². The molecule has 0 spiro atoms. The van der Waals surface area contributed by atoms with E-state index < -0.39 is 18.9 Å². The van der Waals surface area contributed by atoms with Gasteiger partial charge in [0.25, 0.3) is 12.3 Å². The van der Waals surface area contributed by atoms with E-state index in [2.05, 4.69) is 10.3 Å².